The molecule has 5 nitrogen and oxygen atoms in total. The summed E-state index contributed by atoms with van der Waals surface area (Å²) in [5.74, 6) is -0.449. The van der Waals surface area contributed by atoms with E-state index < -0.39 is 5.97 Å². The molecule has 1 aromatic carbocycles. The summed E-state index contributed by atoms with van der Waals surface area (Å²) in [4.78, 5) is 22.2. The van der Waals surface area contributed by atoms with Crippen molar-refractivity contribution in [3.8, 4) is 5.75 Å². The Hall–Kier alpha value is -2.04. The monoisotopic (exact) mass is 278 g/mol. The van der Waals surface area contributed by atoms with Crippen LogP contribution in [0.3, 0.4) is 0 Å². The molecule has 1 aliphatic carbocycles. The summed E-state index contributed by atoms with van der Waals surface area (Å²) < 4.78 is 10.6. The van der Waals surface area contributed by atoms with Crippen molar-refractivity contribution < 1.29 is 24.2 Å². The highest BCUT2D eigenvalue weighted by molar-refractivity contribution is 5.87. The summed E-state index contributed by atoms with van der Waals surface area (Å²) in [6.45, 7) is 0. The zero-order chi connectivity index (χ0) is 14.5. The van der Waals surface area contributed by atoms with Gasteiger partial charge in [0, 0.05) is 0 Å². The maximum absolute atomic E-state index is 11.4. The maximum Gasteiger partial charge on any atom is 0.335 e. The zero-order valence-electron chi connectivity index (χ0n) is 11.4. The third-order valence-corrected chi connectivity index (χ3v) is 3.61. The normalized spacial score (nSPS) is 22.1. The molecule has 0 aliphatic heterocycles. The highest BCUT2D eigenvalue weighted by Gasteiger charge is 2.27. The summed E-state index contributed by atoms with van der Waals surface area (Å²) in [6, 6.07) is 6.38. The van der Waals surface area contributed by atoms with E-state index in [2.05, 4.69) is 0 Å². The molecule has 0 aromatic heterocycles. The van der Waals surface area contributed by atoms with E-state index >= 15 is 0 Å². The maximum atomic E-state index is 11.4. The number of carboxylic acid groups (broad SMARTS) is 1. The SMILES string of the molecule is COC(=O)C1CCC(Oc2ccc(C(=O)O)cc2)CC1. The van der Waals surface area contributed by atoms with Crippen molar-refractivity contribution in [1.82, 2.24) is 0 Å². The molecule has 1 aliphatic rings. The van der Waals surface area contributed by atoms with Gasteiger partial charge in [0.2, 0.25) is 0 Å². The van der Waals surface area contributed by atoms with Gasteiger partial charge in [0.25, 0.3) is 0 Å². The van der Waals surface area contributed by atoms with Crippen LogP contribution in [0, 0.1) is 5.92 Å². The fourth-order valence-corrected chi connectivity index (χ4v) is 2.45. The first-order chi connectivity index (χ1) is 9.60. The van der Waals surface area contributed by atoms with E-state index in [1.165, 1.54) is 19.2 Å². The van der Waals surface area contributed by atoms with Gasteiger partial charge in [-0.1, -0.05) is 0 Å². The predicted octanol–water partition coefficient (Wildman–Crippen LogP) is 2.50. The molecule has 1 fully saturated rings. The van der Waals surface area contributed by atoms with Crippen molar-refractivity contribution in [2.75, 3.05) is 7.11 Å². The molecule has 2 rings (SSSR count). The Morgan fingerprint density at radius 2 is 1.70 bits per heavy atom. The van der Waals surface area contributed by atoms with E-state index in [4.69, 9.17) is 14.6 Å². The fraction of sp³-hybridized carbons (Fsp3) is 0.467. The number of carboxylic acids is 1. The number of aromatic carboxylic acids is 1. The Kier molecular flexibility index (Phi) is 4.61. The molecule has 0 amide bonds. The number of carbonyl (C=O) groups is 2. The third-order valence-electron chi connectivity index (χ3n) is 3.61. The molecule has 108 valence electrons. The van der Waals surface area contributed by atoms with Crippen LogP contribution in [0.1, 0.15) is 36.0 Å². The smallest absolute Gasteiger partial charge is 0.335 e. The second-order valence-electron chi connectivity index (χ2n) is 4.94. The molecule has 0 spiro atoms. The lowest BCUT2D eigenvalue weighted by Gasteiger charge is -2.27. The van der Waals surface area contributed by atoms with Crippen LogP contribution in [0.25, 0.3) is 0 Å². The molecule has 0 heterocycles. The molecule has 5 heteroatoms. The highest BCUT2D eigenvalue weighted by Crippen LogP contribution is 2.28. The van der Waals surface area contributed by atoms with Gasteiger partial charge in [-0.3, -0.25) is 4.79 Å². The Morgan fingerprint density at radius 1 is 1.10 bits per heavy atom. The predicted molar refractivity (Wildman–Crippen MR) is 71.8 cm³/mol. The lowest BCUT2D eigenvalue weighted by Crippen LogP contribution is -2.28. The van der Waals surface area contributed by atoms with Gasteiger partial charge < -0.3 is 14.6 Å². The quantitative estimate of drug-likeness (QED) is 0.857. The van der Waals surface area contributed by atoms with E-state index in [1.807, 2.05) is 0 Å². The molecule has 0 bridgehead atoms. The van der Waals surface area contributed by atoms with Crippen molar-refractivity contribution in [1.29, 1.82) is 0 Å². The number of hydrogen-bond donors (Lipinski definition) is 1. The highest BCUT2D eigenvalue weighted by atomic mass is 16.5. The van der Waals surface area contributed by atoms with Crippen molar-refractivity contribution >= 4 is 11.9 Å². The van der Waals surface area contributed by atoms with E-state index in [0.717, 1.165) is 25.7 Å². The largest absolute Gasteiger partial charge is 0.490 e. The molecule has 0 atom stereocenters. The van der Waals surface area contributed by atoms with E-state index in [-0.39, 0.29) is 23.6 Å². The number of carbonyl (C=O) groups excluding carboxylic acids is 1. The lowest BCUT2D eigenvalue weighted by atomic mass is 9.87. The number of rotatable bonds is 4. The molecule has 1 aromatic rings. The molecule has 1 N–H and O–H groups in total. The van der Waals surface area contributed by atoms with Crippen LogP contribution >= 0.6 is 0 Å². The minimum atomic E-state index is -0.949. The second kappa shape index (κ2) is 6.41. The molecule has 0 saturated heterocycles. The number of ether oxygens (including phenoxy) is 2. The van der Waals surface area contributed by atoms with Gasteiger partial charge in [0.15, 0.2) is 0 Å². The number of hydrogen-bond acceptors (Lipinski definition) is 4. The topological polar surface area (TPSA) is 72.8 Å². The van der Waals surface area contributed by atoms with Crippen LogP contribution in [-0.2, 0) is 9.53 Å². The van der Waals surface area contributed by atoms with Gasteiger partial charge in [-0.2, -0.15) is 0 Å². The summed E-state index contributed by atoms with van der Waals surface area (Å²) in [6.07, 6.45) is 3.22. The second-order valence-corrected chi connectivity index (χ2v) is 4.94. The van der Waals surface area contributed by atoms with Crippen molar-refractivity contribution in [2.24, 2.45) is 5.92 Å². The molecule has 20 heavy (non-hydrogen) atoms. The third kappa shape index (κ3) is 3.50. The molecule has 0 radical (unpaired) electrons. The summed E-state index contributed by atoms with van der Waals surface area (Å²) >= 11 is 0. The summed E-state index contributed by atoms with van der Waals surface area (Å²) in [7, 11) is 1.41. The van der Waals surface area contributed by atoms with Gasteiger partial charge in [-0.15, -0.1) is 0 Å². The van der Waals surface area contributed by atoms with Crippen LogP contribution < -0.4 is 4.74 Å². The first-order valence-electron chi connectivity index (χ1n) is 6.68. The summed E-state index contributed by atoms with van der Waals surface area (Å²) in [5, 5.41) is 8.82. The van der Waals surface area contributed by atoms with E-state index in [1.54, 1.807) is 12.1 Å². The molecular formula is C15H18O5. The van der Waals surface area contributed by atoms with Gasteiger partial charge in [0.05, 0.1) is 24.7 Å². The average Bonchev–Trinajstić information content (AvgIpc) is 2.48. The van der Waals surface area contributed by atoms with Crippen LogP contribution in [-0.4, -0.2) is 30.3 Å². The van der Waals surface area contributed by atoms with Gasteiger partial charge in [-0.05, 0) is 49.9 Å². The van der Waals surface area contributed by atoms with E-state index in [0.29, 0.717) is 5.75 Å². The van der Waals surface area contributed by atoms with Gasteiger partial charge in [0.1, 0.15) is 5.75 Å². The minimum Gasteiger partial charge on any atom is -0.490 e. The fourth-order valence-electron chi connectivity index (χ4n) is 2.45. The minimum absolute atomic E-state index is 0.0192. The Morgan fingerprint density at radius 3 is 2.20 bits per heavy atom. The van der Waals surface area contributed by atoms with Crippen molar-refractivity contribution in [3.05, 3.63) is 29.8 Å². The molecular weight excluding hydrogens is 260 g/mol. The number of benzene rings is 1. The average molecular weight is 278 g/mol. The Balaban J connectivity index is 1.86. The van der Waals surface area contributed by atoms with Crippen molar-refractivity contribution in [3.63, 3.8) is 0 Å². The first-order valence-corrected chi connectivity index (χ1v) is 6.68. The summed E-state index contributed by atoms with van der Waals surface area (Å²) in [5.41, 5.74) is 0.242. The standard InChI is InChI=1S/C15H18O5/c1-19-15(18)11-4-8-13(9-5-11)20-12-6-2-10(3-7-12)14(16)17/h2-3,6-7,11,13H,4-5,8-9H2,1H3,(H,16,17). The zero-order valence-corrected chi connectivity index (χ0v) is 11.4. The lowest BCUT2D eigenvalue weighted by molar-refractivity contribution is -0.147. The van der Waals surface area contributed by atoms with Crippen LogP contribution in [0.2, 0.25) is 0 Å². The Bertz CT molecular complexity index is 472. The number of esters is 1. The van der Waals surface area contributed by atoms with Gasteiger partial charge in [-0.25, -0.2) is 4.79 Å². The van der Waals surface area contributed by atoms with Crippen molar-refractivity contribution in [2.45, 2.75) is 31.8 Å². The van der Waals surface area contributed by atoms with Crippen LogP contribution in [0.5, 0.6) is 5.75 Å². The van der Waals surface area contributed by atoms with Crippen LogP contribution in [0.15, 0.2) is 24.3 Å². The first kappa shape index (κ1) is 14.4. The molecule has 0 unspecified atom stereocenters. The van der Waals surface area contributed by atoms with Crippen LogP contribution in [0.4, 0.5) is 0 Å². The molecule has 1 saturated carbocycles. The van der Waals surface area contributed by atoms with E-state index in [9.17, 15) is 9.59 Å². The Labute approximate surface area is 117 Å². The van der Waals surface area contributed by atoms with Gasteiger partial charge >= 0.3 is 11.9 Å². The number of methoxy groups -OCH3 is 1.